The summed E-state index contributed by atoms with van der Waals surface area (Å²) in [5.41, 5.74) is 2.67. The number of hydrogen-bond donors (Lipinski definition) is 0. The van der Waals surface area contributed by atoms with Crippen molar-refractivity contribution in [3.8, 4) is 10.6 Å². The zero-order valence-corrected chi connectivity index (χ0v) is 13.9. The van der Waals surface area contributed by atoms with E-state index in [0.717, 1.165) is 5.69 Å². The molecule has 2 heteroatoms. The van der Waals surface area contributed by atoms with Crippen molar-refractivity contribution in [3.05, 3.63) is 53.5 Å². The van der Waals surface area contributed by atoms with E-state index in [1.54, 1.807) is 11.3 Å². The first-order chi connectivity index (χ1) is 10.0. The number of pyridine rings is 1. The van der Waals surface area contributed by atoms with Gasteiger partial charge in [0.05, 0.1) is 10.6 Å². The quantitative estimate of drug-likeness (QED) is 0.586. The Labute approximate surface area is 130 Å². The van der Waals surface area contributed by atoms with Gasteiger partial charge in [-0.1, -0.05) is 52.0 Å². The van der Waals surface area contributed by atoms with Crippen molar-refractivity contribution in [2.45, 2.75) is 33.1 Å². The Morgan fingerprint density at radius 3 is 2.57 bits per heavy atom. The van der Waals surface area contributed by atoms with Crippen LogP contribution in [0.25, 0.3) is 21.3 Å². The summed E-state index contributed by atoms with van der Waals surface area (Å²) < 4.78 is 0. The summed E-state index contributed by atoms with van der Waals surface area (Å²) in [7, 11) is 0. The van der Waals surface area contributed by atoms with Gasteiger partial charge in [-0.15, -0.1) is 11.3 Å². The fourth-order valence-electron chi connectivity index (χ4n) is 2.61. The minimum Gasteiger partial charge on any atom is -0.255 e. The monoisotopic (exact) mass is 295 g/mol. The van der Waals surface area contributed by atoms with E-state index < -0.39 is 0 Å². The molecule has 2 aromatic heterocycles. The van der Waals surface area contributed by atoms with Gasteiger partial charge in [0, 0.05) is 11.6 Å². The SMILES string of the molecule is CC(C)C(C)(C)c1ccsc1-c1nccc2ccccc12. The summed E-state index contributed by atoms with van der Waals surface area (Å²) in [5, 5.41) is 4.69. The maximum Gasteiger partial charge on any atom is 0.0882 e. The first kappa shape index (κ1) is 14.3. The first-order valence-electron chi connectivity index (χ1n) is 7.44. The molecule has 0 saturated heterocycles. The smallest absolute Gasteiger partial charge is 0.0882 e. The third-order valence-corrected chi connectivity index (χ3v) is 5.61. The van der Waals surface area contributed by atoms with Gasteiger partial charge in [0.15, 0.2) is 0 Å². The van der Waals surface area contributed by atoms with Gasteiger partial charge in [-0.3, -0.25) is 4.98 Å². The van der Waals surface area contributed by atoms with Gasteiger partial charge >= 0.3 is 0 Å². The molecule has 0 fully saturated rings. The number of benzene rings is 1. The summed E-state index contributed by atoms with van der Waals surface area (Å²) in [6.07, 6.45) is 1.92. The zero-order valence-electron chi connectivity index (χ0n) is 13.1. The minimum absolute atomic E-state index is 0.147. The molecule has 0 aliphatic carbocycles. The Kier molecular flexibility index (Phi) is 3.58. The molecule has 108 valence electrons. The normalized spacial score (nSPS) is 12.2. The summed E-state index contributed by atoms with van der Waals surface area (Å²) in [5.74, 6) is 0.584. The Morgan fingerprint density at radius 2 is 1.81 bits per heavy atom. The summed E-state index contributed by atoms with van der Waals surface area (Å²) >= 11 is 1.80. The zero-order chi connectivity index (χ0) is 15.0. The molecule has 3 aromatic rings. The summed E-state index contributed by atoms with van der Waals surface area (Å²) in [6, 6.07) is 12.8. The van der Waals surface area contributed by atoms with Gasteiger partial charge in [0.25, 0.3) is 0 Å². The molecule has 0 unspecified atom stereocenters. The molecular formula is C19H21NS. The number of hydrogen-bond acceptors (Lipinski definition) is 2. The molecule has 0 amide bonds. The lowest BCUT2D eigenvalue weighted by Gasteiger charge is -2.30. The van der Waals surface area contributed by atoms with Gasteiger partial charge in [-0.2, -0.15) is 0 Å². The number of thiophene rings is 1. The molecule has 0 radical (unpaired) electrons. The second-order valence-corrected chi connectivity index (χ2v) is 7.34. The highest BCUT2D eigenvalue weighted by atomic mass is 32.1. The standard InChI is InChI=1S/C19H21NS/c1-13(2)19(3,4)16-10-12-21-18(16)17-15-8-6-5-7-14(15)9-11-20-17/h5-13H,1-4H3. The molecule has 3 rings (SSSR count). The molecule has 0 N–H and O–H groups in total. The number of fused-ring (bicyclic) bond motifs is 1. The van der Waals surface area contributed by atoms with Crippen LogP contribution in [-0.2, 0) is 5.41 Å². The fourth-order valence-corrected chi connectivity index (χ4v) is 3.68. The summed E-state index contributed by atoms with van der Waals surface area (Å²) in [4.78, 5) is 6.00. The van der Waals surface area contributed by atoms with Gasteiger partial charge in [0.1, 0.15) is 0 Å². The van der Waals surface area contributed by atoms with Crippen LogP contribution in [0, 0.1) is 5.92 Å². The maximum atomic E-state index is 4.69. The predicted octanol–water partition coefficient (Wildman–Crippen LogP) is 5.90. The fraction of sp³-hybridized carbons (Fsp3) is 0.316. The van der Waals surface area contributed by atoms with Crippen LogP contribution in [0.3, 0.4) is 0 Å². The lowest BCUT2D eigenvalue weighted by Crippen LogP contribution is -2.24. The lowest BCUT2D eigenvalue weighted by molar-refractivity contribution is 0.374. The van der Waals surface area contributed by atoms with Crippen LogP contribution in [0.2, 0.25) is 0 Å². The van der Waals surface area contributed by atoms with E-state index in [2.05, 4.69) is 69.5 Å². The third kappa shape index (κ3) is 2.38. The van der Waals surface area contributed by atoms with Crippen molar-refractivity contribution in [2.24, 2.45) is 5.92 Å². The Hall–Kier alpha value is -1.67. The van der Waals surface area contributed by atoms with Gasteiger partial charge in [0.2, 0.25) is 0 Å². The van der Waals surface area contributed by atoms with E-state index in [1.165, 1.54) is 21.2 Å². The number of aromatic nitrogens is 1. The van der Waals surface area contributed by atoms with Crippen molar-refractivity contribution < 1.29 is 0 Å². The van der Waals surface area contributed by atoms with Crippen LogP contribution < -0.4 is 0 Å². The largest absolute Gasteiger partial charge is 0.255 e. The highest BCUT2D eigenvalue weighted by molar-refractivity contribution is 7.13. The topological polar surface area (TPSA) is 12.9 Å². The van der Waals surface area contributed by atoms with Crippen molar-refractivity contribution in [3.63, 3.8) is 0 Å². The molecule has 0 saturated carbocycles. The molecule has 21 heavy (non-hydrogen) atoms. The van der Waals surface area contributed by atoms with Gasteiger partial charge in [-0.05, 0) is 39.8 Å². The van der Waals surface area contributed by atoms with E-state index in [0.29, 0.717) is 5.92 Å². The number of rotatable bonds is 3. The van der Waals surface area contributed by atoms with E-state index in [4.69, 9.17) is 4.98 Å². The van der Waals surface area contributed by atoms with Crippen LogP contribution in [-0.4, -0.2) is 4.98 Å². The van der Waals surface area contributed by atoms with Crippen LogP contribution in [0.5, 0.6) is 0 Å². The lowest BCUT2D eigenvalue weighted by atomic mass is 9.75. The second-order valence-electron chi connectivity index (χ2n) is 6.42. The second kappa shape index (κ2) is 5.27. The third-order valence-electron chi connectivity index (χ3n) is 4.69. The van der Waals surface area contributed by atoms with Crippen molar-refractivity contribution >= 4 is 22.1 Å². The first-order valence-corrected chi connectivity index (χ1v) is 8.32. The molecule has 0 aliphatic rings. The minimum atomic E-state index is 0.147. The molecule has 0 aliphatic heterocycles. The van der Waals surface area contributed by atoms with Crippen molar-refractivity contribution in [1.82, 2.24) is 4.98 Å². The average molecular weight is 295 g/mol. The van der Waals surface area contributed by atoms with E-state index >= 15 is 0 Å². The molecule has 0 atom stereocenters. The molecular weight excluding hydrogens is 274 g/mol. The van der Waals surface area contributed by atoms with Crippen molar-refractivity contribution in [2.75, 3.05) is 0 Å². The average Bonchev–Trinajstić information content (AvgIpc) is 2.96. The Bertz CT molecular complexity index is 763. The Morgan fingerprint density at radius 1 is 1.05 bits per heavy atom. The predicted molar refractivity (Wildman–Crippen MR) is 92.9 cm³/mol. The molecule has 0 bridgehead atoms. The van der Waals surface area contributed by atoms with Crippen LogP contribution in [0.15, 0.2) is 48.0 Å². The van der Waals surface area contributed by atoms with Crippen LogP contribution >= 0.6 is 11.3 Å². The van der Waals surface area contributed by atoms with E-state index in [1.807, 2.05) is 6.20 Å². The molecule has 0 spiro atoms. The van der Waals surface area contributed by atoms with E-state index in [9.17, 15) is 0 Å². The van der Waals surface area contributed by atoms with Crippen LogP contribution in [0.4, 0.5) is 0 Å². The highest BCUT2D eigenvalue weighted by Gasteiger charge is 2.29. The molecule has 2 heterocycles. The van der Waals surface area contributed by atoms with Gasteiger partial charge < -0.3 is 0 Å². The molecule has 1 aromatic carbocycles. The van der Waals surface area contributed by atoms with E-state index in [-0.39, 0.29) is 5.41 Å². The van der Waals surface area contributed by atoms with Crippen molar-refractivity contribution in [1.29, 1.82) is 0 Å². The molecule has 1 nitrogen and oxygen atoms in total. The summed E-state index contributed by atoms with van der Waals surface area (Å²) in [6.45, 7) is 9.23. The highest BCUT2D eigenvalue weighted by Crippen LogP contribution is 2.42. The maximum absolute atomic E-state index is 4.69. The van der Waals surface area contributed by atoms with Crippen LogP contribution in [0.1, 0.15) is 33.3 Å². The van der Waals surface area contributed by atoms with Gasteiger partial charge in [-0.25, -0.2) is 0 Å². The number of nitrogens with zero attached hydrogens (tertiary/aromatic N) is 1. The Balaban J connectivity index is 2.24.